The molecule has 1 unspecified atom stereocenters. The van der Waals surface area contributed by atoms with Crippen LogP contribution in [0.4, 0.5) is 4.79 Å². The quantitative estimate of drug-likeness (QED) is 0.171. The van der Waals surface area contributed by atoms with E-state index in [1.54, 1.807) is 4.90 Å². The Morgan fingerprint density at radius 3 is 2.29 bits per heavy atom. The average molecular weight is 719 g/mol. The minimum atomic E-state index is -1.04. The number of benzene rings is 1. The number of Topliss-reactive ketones (excluding diaryl/α,β-unsaturated/α-hetero) is 1. The van der Waals surface area contributed by atoms with Crippen LogP contribution in [0.2, 0.25) is 0 Å². The maximum Gasteiger partial charge on any atom is 0.315 e. The fourth-order valence-electron chi connectivity index (χ4n) is 8.58. The lowest BCUT2D eigenvalue weighted by molar-refractivity contribution is -0.144. The van der Waals surface area contributed by atoms with E-state index in [-0.39, 0.29) is 59.4 Å². The van der Waals surface area contributed by atoms with Crippen LogP contribution in [0.5, 0.6) is 0 Å². The van der Waals surface area contributed by atoms with Gasteiger partial charge in [0.1, 0.15) is 12.1 Å². The molecule has 12 heteroatoms. The molecule has 2 aliphatic heterocycles. The Hall–Kier alpha value is -4.22. The van der Waals surface area contributed by atoms with E-state index in [4.69, 9.17) is 0 Å². The molecule has 0 bridgehead atoms. The van der Waals surface area contributed by atoms with Gasteiger partial charge in [0.15, 0.2) is 0 Å². The molecule has 0 radical (unpaired) electrons. The molecule has 1 aromatic carbocycles. The number of urea groups is 1. The van der Waals surface area contributed by atoms with E-state index in [1.165, 1.54) is 6.08 Å². The first-order valence-electron chi connectivity index (χ1n) is 19.0. The number of nitrogens with zero attached hydrogens (tertiary/aromatic N) is 2. The first kappa shape index (κ1) is 39.0. The zero-order chi connectivity index (χ0) is 38.0. The van der Waals surface area contributed by atoms with Crippen LogP contribution in [-0.4, -0.2) is 95.6 Å². The summed E-state index contributed by atoms with van der Waals surface area (Å²) in [4.78, 5) is 84.8. The highest BCUT2D eigenvalue weighted by atomic mass is 16.2. The second-order valence-electron chi connectivity index (χ2n) is 16.8. The van der Waals surface area contributed by atoms with Crippen molar-refractivity contribution in [2.24, 2.45) is 28.6 Å². The third kappa shape index (κ3) is 8.36. The molecule has 2 aliphatic carbocycles. The van der Waals surface area contributed by atoms with Crippen molar-refractivity contribution in [2.75, 3.05) is 26.2 Å². The minimum absolute atomic E-state index is 0.0750. The lowest BCUT2D eigenvalue weighted by Gasteiger charge is -2.38. The summed E-state index contributed by atoms with van der Waals surface area (Å²) in [5, 5.41) is 11.5. The summed E-state index contributed by atoms with van der Waals surface area (Å²) < 4.78 is 0. The molecule has 4 aliphatic rings. The molecule has 2 heterocycles. The second-order valence-corrected chi connectivity index (χ2v) is 16.8. The molecule has 1 aromatic rings. The van der Waals surface area contributed by atoms with E-state index >= 15 is 0 Å². The van der Waals surface area contributed by atoms with Gasteiger partial charge < -0.3 is 31.1 Å². The predicted octanol–water partition coefficient (Wildman–Crippen LogP) is 3.14. The molecule has 2 saturated heterocycles. The summed E-state index contributed by atoms with van der Waals surface area (Å²) in [5.41, 5.74) is 1.68. The van der Waals surface area contributed by atoms with Crippen LogP contribution >= 0.6 is 0 Å². The normalized spacial score (nSPS) is 23.8. The van der Waals surface area contributed by atoms with E-state index < -0.39 is 41.8 Å². The fraction of sp³-hybridized carbons (Fsp3) is 0.650. The number of likely N-dealkylation sites (tertiary alicyclic amines) is 2. The van der Waals surface area contributed by atoms with E-state index in [1.807, 2.05) is 56.9 Å². The van der Waals surface area contributed by atoms with Gasteiger partial charge >= 0.3 is 6.03 Å². The number of hydrogen-bond donors (Lipinski definition) is 4. The third-order valence-corrected chi connectivity index (χ3v) is 11.9. The Kier molecular flexibility index (Phi) is 11.8. The van der Waals surface area contributed by atoms with Gasteiger partial charge in [-0.2, -0.15) is 0 Å². The minimum Gasteiger partial charge on any atom is -0.346 e. The van der Waals surface area contributed by atoms with Gasteiger partial charge in [0.25, 0.3) is 5.91 Å². The highest BCUT2D eigenvalue weighted by molar-refractivity contribution is 6.38. The van der Waals surface area contributed by atoms with Gasteiger partial charge in [-0.25, -0.2) is 4.79 Å². The van der Waals surface area contributed by atoms with E-state index in [9.17, 15) is 28.8 Å². The summed E-state index contributed by atoms with van der Waals surface area (Å²) >= 11 is 0. The van der Waals surface area contributed by atoms with Gasteiger partial charge in [0, 0.05) is 32.6 Å². The van der Waals surface area contributed by atoms with Gasteiger partial charge in [-0.3, -0.25) is 24.0 Å². The molecular formula is C40H58N6O6. The fourth-order valence-corrected chi connectivity index (χ4v) is 8.58. The van der Waals surface area contributed by atoms with Crippen molar-refractivity contribution in [2.45, 2.75) is 111 Å². The number of piperidine rings is 2. The highest BCUT2D eigenvalue weighted by Gasteiger charge is 2.69. The lowest BCUT2D eigenvalue weighted by atomic mass is 9.86. The number of fused-ring (bicyclic) bond motifs is 2. The number of ketones is 1. The largest absolute Gasteiger partial charge is 0.346 e. The molecule has 284 valence electrons. The van der Waals surface area contributed by atoms with Crippen molar-refractivity contribution in [1.82, 2.24) is 31.1 Å². The van der Waals surface area contributed by atoms with Crippen molar-refractivity contribution in [3.8, 4) is 0 Å². The number of carbonyl (C=O) groups is 6. The molecule has 4 N–H and O–H groups in total. The molecule has 0 aromatic heterocycles. The maximum atomic E-state index is 14.8. The summed E-state index contributed by atoms with van der Waals surface area (Å²) in [6.45, 7) is 17.2. The Labute approximate surface area is 308 Å². The van der Waals surface area contributed by atoms with Gasteiger partial charge in [0.2, 0.25) is 23.5 Å². The van der Waals surface area contributed by atoms with Crippen molar-refractivity contribution in [1.29, 1.82) is 0 Å². The average Bonchev–Trinajstić information content (AvgIpc) is 3.45. The van der Waals surface area contributed by atoms with Crippen LogP contribution in [0.15, 0.2) is 36.9 Å². The van der Waals surface area contributed by atoms with E-state index in [2.05, 4.69) is 41.7 Å². The van der Waals surface area contributed by atoms with Crippen LogP contribution in [0.3, 0.4) is 0 Å². The summed E-state index contributed by atoms with van der Waals surface area (Å²) in [5.74, 6) is -2.56. The van der Waals surface area contributed by atoms with Gasteiger partial charge in [-0.1, -0.05) is 78.3 Å². The molecule has 6 atom stereocenters. The molecule has 12 nitrogen and oxygen atoms in total. The Morgan fingerprint density at radius 1 is 1.02 bits per heavy atom. The molecule has 5 rings (SSSR count). The van der Waals surface area contributed by atoms with Gasteiger partial charge in [-0.15, -0.1) is 6.58 Å². The zero-order valence-electron chi connectivity index (χ0n) is 31.8. The lowest BCUT2D eigenvalue weighted by Crippen LogP contribution is -2.62. The number of rotatable bonds is 14. The Morgan fingerprint density at radius 2 is 1.69 bits per heavy atom. The zero-order valence-corrected chi connectivity index (χ0v) is 31.8. The van der Waals surface area contributed by atoms with Gasteiger partial charge in [-0.05, 0) is 71.8 Å². The monoisotopic (exact) mass is 718 g/mol. The third-order valence-electron chi connectivity index (χ3n) is 11.9. The SMILES string of the molecule is C=CCNC(=O)C(=O)C(CCC)NC(=O)[C@@H]1[C@@H]2[C@H](CN1C(=O)[C@@H](NC(=O)N[C@H](CN1CCCCC1=O)C(C)(C)C)C1Cc3ccccc3C1)C2(C)C. The maximum absolute atomic E-state index is 14.8. The topological polar surface area (TPSA) is 157 Å². The van der Waals surface area contributed by atoms with Crippen LogP contribution in [0.25, 0.3) is 0 Å². The molecule has 6 amide bonds. The molecule has 52 heavy (non-hydrogen) atoms. The van der Waals surface area contributed by atoms with E-state index in [0.29, 0.717) is 45.3 Å². The number of nitrogens with one attached hydrogen (secondary N) is 4. The summed E-state index contributed by atoms with van der Waals surface area (Å²) in [6, 6.07) is 4.32. The van der Waals surface area contributed by atoms with Crippen LogP contribution in [-0.2, 0) is 36.8 Å². The van der Waals surface area contributed by atoms with Crippen LogP contribution in [0.1, 0.15) is 84.8 Å². The number of amides is 6. The first-order chi connectivity index (χ1) is 24.6. The van der Waals surface area contributed by atoms with Crippen molar-refractivity contribution in [3.63, 3.8) is 0 Å². The first-order valence-corrected chi connectivity index (χ1v) is 19.0. The van der Waals surface area contributed by atoms with Crippen molar-refractivity contribution in [3.05, 3.63) is 48.0 Å². The molecule has 3 fully saturated rings. The highest BCUT2D eigenvalue weighted by Crippen LogP contribution is 2.65. The molecule has 1 saturated carbocycles. The van der Waals surface area contributed by atoms with E-state index in [0.717, 1.165) is 24.0 Å². The Balaban J connectivity index is 1.38. The van der Waals surface area contributed by atoms with Crippen molar-refractivity contribution < 1.29 is 28.8 Å². The second kappa shape index (κ2) is 15.8. The number of carbonyl (C=O) groups excluding carboxylic acids is 6. The summed E-state index contributed by atoms with van der Waals surface area (Å²) in [7, 11) is 0. The smallest absolute Gasteiger partial charge is 0.315 e. The Bertz CT molecular complexity index is 1540. The van der Waals surface area contributed by atoms with Crippen LogP contribution < -0.4 is 21.3 Å². The summed E-state index contributed by atoms with van der Waals surface area (Å²) in [6.07, 6.45) is 5.78. The van der Waals surface area contributed by atoms with Crippen LogP contribution in [0, 0.1) is 28.6 Å². The number of hydrogen-bond acceptors (Lipinski definition) is 6. The standard InChI is InChI=1S/C40H58N6O6/c1-8-14-28(34(48)36(50)41-18-9-2)42-35(49)33-31-27(40(31,6)7)22-46(33)37(51)32(26-20-24-15-10-11-16-25(24)21-26)44-38(52)43-29(39(3,4)5)23-45-19-13-12-17-30(45)47/h9-11,15-16,26-29,31-33H,2,8,12-14,17-23H2,1,3-7H3,(H,41,50)(H,42,49)(H2,43,44,52)/t27-,28?,29+,31-,32-,33-/m0/s1. The predicted molar refractivity (Wildman–Crippen MR) is 198 cm³/mol. The van der Waals surface area contributed by atoms with Crippen molar-refractivity contribution >= 4 is 35.4 Å². The molecular weight excluding hydrogens is 660 g/mol. The molecule has 0 spiro atoms. The van der Waals surface area contributed by atoms with Gasteiger partial charge in [0.05, 0.1) is 12.1 Å².